The van der Waals surface area contributed by atoms with Crippen molar-refractivity contribution in [3.63, 3.8) is 0 Å². The highest BCUT2D eigenvalue weighted by Crippen LogP contribution is 2.04. The predicted octanol–water partition coefficient (Wildman–Crippen LogP) is 1.91. The minimum absolute atomic E-state index is 0.412. The number of hydrogen-bond acceptors (Lipinski definition) is 3. The van der Waals surface area contributed by atoms with Gasteiger partial charge >= 0.3 is 0 Å². The lowest BCUT2D eigenvalue weighted by Crippen LogP contribution is -2.13. The van der Waals surface area contributed by atoms with E-state index in [2.05, 4.69) is 5.32 Å². The maximum absolute atomic E-state index is 10.6. The van der Waals surface area contributed by atoms with Crippen molar-refractivity contribution in [2.45, 2.75) is 44.9 Å². The number of Topliss-reactive ketones (excluding diaryl/α,β-unsaturated/α-hetero) is 1. The average molecular weight is 213 g/mol. The van der Waals surface area contributed by atoms with Crippen LogP contribution >= 0.6 is 0 Å². The number of rotatable bonds is 0. The summed E-state index contributed by atoms with van der Waals surface area (Å²) >= 11 is 0. The summed E-state index contributed by atoms with van der Waals surface area (Å²) in [6, 6.07) is 0. The quantitative estimate of drug-likeness (QED) is 0.668. The lowest BCUT2D eigenvalue weighted by atomic mass is 10.2. The minimum Gasteiger partial charge on any atom is -0.381 e. The standard InChI is InChI=1S/C6H11NO.C6H12O/c8-6-2-1-4-7-5-3-6;1-2-4-6-7-5-3-1/h7H,1-5H2;1-6H2. The number of nitrogens with one attached hydrogen (secondary N) is 1. The number of ketones is 1. The fraction of sp³-hybridized carbons (Fsp3) is 0.917. The molecular formula is C12H23NO2. The van der Waals surface area contributed by atoms with Crippen molar-refractivity contribution in [1.29, 1.82) is 0 Å². The van der Waals surface area contributed by atoms with Crippen LogP contribution < -0.4 is 5.32 Å². The molecule has 0 bridgehead atoms. The van der Waals surface area contributed by atoms with Crippen LogP contribution in [0.15, 0.2) is 0 Å². The van der Waals surface area contributed by atoms with Crippen LogP contribution in [0.4, 0.5) is 0 Å². The Morgan fingerprint density at radius 3 is 2.33 bits per heavy atom. The van der Waals surface area contributed by atoms with E-state index in [1.165, 1.54) is 25.7 Å². The molecule has 0 aromatic heterocycles. The molecule has 1 N–H and O–H groups in total. The first-order chi connectivity index (χ1) is 7.39. The van der Waals surface area contributed by atoms with E-state index < -0.39 is 0 Å². The summed E-state index contributed by atoms with van der Waals surface area (Å²) in [6.07, 6.45) is 7.85. The highest BCUT2D eigenvalue weighted by atomic mass is 16.5. The van der Waals surface area contributed by atoms with E-state index >= 15 is 0 Å². The highest BCUT2D eigenvalue weighted by Gasteiger charge is 2.04. The first-order valence-electron chi connectivity index (χ1n) is 6.20. The summed E-state index contributed by atoms with van der Waals surface area (Å²) in [7, 11) is 0. The lowest BCUT2D eigenvalue weighted by Gasteiger charge is -1.91. The van der Waals surface area contributed by atoms with E-state index in [9.17, 15) is 4.79 Å². The van der Waals surface area contributed by atoms with Crippen LogP contribution in [0, 0.1) is 0 Å². The molecule has 3 nitrogen and oxygen atoms in total. The summed E-state index contributed by atoms with van der Waals surface area (Å²) in [5, 5.41) is 3.16. The van der Waals surface area contributed by atoms with E-state index in [1.807, 2.05) is 0 Å². The van der Waals surface area contributed by atoms with Gasteiger partial charge in [-0.3, -0.25) is 4.79 Å². The molecule has 0 aromatic carbocycles. The average Bonchev–Trinajstić information content (AvgIpc) is 2.64. The zero-order valence-electron chi connectivity index (χ0n) is 9.59. The van der Waals surface area contributed by atoms with Gasteiger partial charge in [-0.15, -0.1) is 0 Å². The van der Waals surface area contributed by atoms with Gasteiger partial charge in [0.25, 0.3) is 0 Å². The van der Waals surface area contributed by atoms with Crippen LogP contribution in [0.1, 0.15) is 44.9 Å². The molecule has 2 saturated heterocycles. The molecule has 2 aliphatic heterocycles. The molecule has 2 heterocycles. The van der Waals surface area contributed by atoms with E-state index in [0.29, 0.717) is 5.78 Å². The van der Waals surface area contributed by atoms with Crippen LogP contribution in [0.5, 0.6) is 0 Å². The summed E-state index contributed by atoms with van der Waals surface area (Å²) in [4.78, 5) is 10.6. The molecule has 2 aliphatic rings. The zero-order chi connectivity index (χ0) is 10.8. The predicted molar refractivity (Wildman–Crippen MR) is 61.0 cm³/mol. The molecule has 0 atom stereocenters. The Morgan fingerprint density at radius 2 is 1.60 bits per heavy atom. The molecule has 0 spiro atoms. The Labute approximate surface area is 92.6 Å². The maximum Gasteiger partial charge on any atom is 0.134 e. The Hall–Kier alpha value is -0.410. The second-order valence-corrected chi connectivity index (χ2v) is 4.17. The van der Waals surface area contributed by atoms with Crippen molar-refractivity contribution in [3.05, 3.63) is 0 Å². The van der Waals surface area contributed by atoms with Gasteiger partial charge in [-0.1, -0.05) is 12.8 Å². The van der Waals surface area contributed by atoms with E-state index in [4.69, 9.17) is 4.74 Å². The van der Waals surface area contributed by atoms with Crippen LogP contribution in [-0.4, -0.2) is 32.1 Å². The van der Waals surface area contributed by atoms with Crippen molar-refractivity contribution in [2.75, 3.05) is 26.3 Å². The number of ether oxygens (including phenoxy) is 1. The van der Waals surface area contributed by atoms with E-state index in [1.54, 1.807) is 0 Å². The molecule has 0 aromatic rings. The van der Waals surface area contributed by atoms with Gasteiger partial charge in [0.05, 0.1) is 0 Å². The van der Waals surface area contributed by atoms with E-state index in [0.717, 1.165) is 45.6 Å². The molecule has 0 aliphatic carbocycles. The first kappa shape index (κ1) is 12.7. The largest absolute Gasteiger partial charge is 0.381 e. The maximum atomic E-state index is 10.6. The third kappa shape index (κ3) is 7.51. The fourth-order valence-electron chi connectivity index (χ4n) is 1.75. The number of carbonyl (C=O) groups excluding carboxylic acids is 1. The van der Waals surface area contributed by atoms with Gasteiger partial charge in [-0.05, 0) is 25.8 Å². The van der Waals surface area contributed by atoms with Gasteiger partial charge in [-0.25, -0.2) is 0 Å². The van der Waals surface area contributed by atoms with Crippen molar-refractivity contribution in [1.82, 2.24) is 5.32 Å². The third-order valence-corrected chi connectivity index (χ3v) is 2.72. The van der Waals surface area contributed by atoms with Gasteiger partial charge in [-0.2, -0.15) is 0 Å². The highest BCUT2D eigenvalue weighted by molar-refractivity contribution is 5.78. The Morgan fingerprint density at radius 1 is 0.867 bits per heavy atom. The summed E-state index contributed by atoms with van der Waals surface area (Å²) in [5.74, 6) is 0.412. The van der Waals surface area contributed by atoms with Crippen LogP contribution in [0.2, 0.25) is 0 Å². The monoisotopic (exact) mass is 213 g/mol. The molecule has 15 heavy (non-hydrogen) atoms. The fourth-order valence-corrected chi connectivity index (χ4v) is 1.75. The molecule has 3 heteroatoms. The van der Waals surface area contributed by atoms with Crippen LogP contribution in [0.3, 0.4) is 0 Å². The van der Waals surface area contributed by atoms with Gasteiger partial charge in [0, 0.05) is 32.6 Å². The molecule has 0 amide bonds. The molecule has 2 rings (SSSR count). The van der Waals surface area contributed by atoms with Gasteiger partial charge in [0.2, 0.25) is 0 Å². The van der Waals surface area contributed by atoms with Crippen LogP contribution in [-0.2, 0) is 9.53 Å². The molecule has 88 valence electrons. The summed E-state index contributed by atoms with van der Waals surface area (Å²) in [6.45, 7) is 3.91. The van der Waals surface area contributed by atoms with Gasteiger partial charge < -0.3 is 10.1 Å². The summed E-state index contributed by atoms with van der Waals surface area (Å²) in [5.41, 5.74) is 0. The summed E-state index contributed by atoms with van der Waals surface area (Å²) < 4.78 is 5.19. The Balaban J connectivity index is 0.000000151. The smallest absolute Gasteiger partial charge is 0.134 e. The molecule has 0 saturated carbocycles. The Kier molecular flexibility index (Phi) is 7.48. The normalized spacial score (nSPS) is 23.3. The third-order valence-electron chi connectivity index (χ3n) is 2.72. The van der Waals surface area contributed by atoms with Crippen molar-refractivity contribution >= 4 is 5.78 Å². The van der Waals surface area contributed by atoms with Crippen LogP contribution in [0.25, 0.3) is 0 Å². The lowest BCUT2D eigenvalue weighted by molar-refractivity contribution is -0.118. The minimum atomic E-state index is 0.412. The number of hydrogen-bond donors (Lipinski definition) is 1. The van der Waals surface area contributed by atoms with Crippen molar-refractivity contribution in [3.8, 4) is 0 Å². The molecular weight excluding hydrogens is 190 g/mol. The number of carbonyl (C=O) groups is 1. The topological polar surface area (TPSA) is 38.3 Å². The van der Waals surface area contributed by atoms with Crippen molar-refractivity contribution < 1.29 is 9.53 Å². The molecule has 0 radical (unpaired) electrons. The van der Waals surface area contributed by atoms with Crippen molar-refractivity contribution in [2.24, 2.45) is 0 Å². The SMILES string of the molecule is C1CCCOCC1.O=C1CCCNCC1. The zero-order valence-corrected chi connectivity index (χ0v) is 9.59. The van der Waals surface area contributed by atoms with Gasteiger partial charge in [0.15, 0.2) is 0 Å². The first-order valence-corrected chi connectivity index (χ1v) is 6.20. The van der Waals surface area contributed by atoms with Gasteiger partial charge in [0.1, 0.15) is 5.78 Å². The second kappa shape index (κ2) is 8.86. The second-order valence-electron chi connectivity index (χ2n) is 4.17. The molecule has 2 fully saturated rings. The van der Waals surface area contributed by atoms with E-state index in [-0.39, 0.29) is 0 Å². The Bertz CT molecular complexity index is 141. The molecule has 0 unspecified atom stereocenters.